The zero-order valence-electron chi connectivity index (χ0n) is 14.7. The summed E-state index contributed by atoms with van der Waals surface area (Å²) in [5.41, 5.74) is 5.30. The summed E-state index contributed by atoms with van der Waals surface area (Å²) < 4.78 is 0. The zero-order valence-corrected chi connectivity index (χ0v) is 17.6. The first kappa shape index (κ1) is 21.0. The third-order valence-electron chi connectivity index (χ3n) is 3.77. The molecule has 2 aromatic rings. The van der Waals surface area contributed by atoms with Gasteiger partial charge in [0.2, 0.25) is 0 Å². The Morgan fingerprint density at radius 1 is 0.880 bits per heavy atom. The van der Waals surface area contributed by atoms with Crippen molar-refractivity contribution in [3.8, 4) is 0 Å². The number of carbonyl (C=O) groups is 2. The number of hydrogen-bond acceptors (Lipinski definition) is 2. The first-order chi connectivity index (χ1) is 11.4. The van der Waals surface area contributed by atoms with Gasteiger partial charge in [-0.05, 0) is 42.7 Å². The normalized spacial score (nSPS) is 10.8. The molecule has 0 aliphatic heterocycles. The molecule has 0 amide bonds. The summed E-state index contributed by atoms with van der Waals surface area (Å²) in [4.78, 5) is 23.8. The number of hydrogen-bond donors (Lipinski definition) is 0. The molecule has 3 heteroatoms. The van der Waals surface area contributed by atoms with Gasteiger partial charge in [-0.1, -0.05) is 37.3 Å². The predicted molar refractivity (Wildman–Crippen MR) is 98.6 cm³/mol. The summed E-state index contributed by atoms with van der Waals surface area (Å²) in [5, 5.41) is 0. The maximum Gasteiger partial charge on any atom is 0.163 e. The topological polar surface area (TPSA) is 34.1 Å². The molecular formula is C22H21O2W-. The number of benzene rings is 2. The molecule has 0 N–H and O–H groups in total. The summed E-state index contributed by atoms with van der Waals surface area (Å²) in [7, 11) is 0. The second kappa shape index (κ2) is 10.1. The Hall–Kier alpha value is -2.05. The molecule has 0 saturated heterocycles. The van der Waals surface area contributed by atoms with Crippen molar-refractivity contribution in [2.24, 2.45) is 0 Å². The van der Waals surface area contributed by atoms with Crippen LogP contribution >= 0.6 is 0 Å². The molecule has 0 aliphatic rings. The predicted octanol–water partition coefficient (Wildman–Crippen LogP) is 4.66. The zero-order chi connectivity index (χ0) is 17.5. The Kier molecular flexibility index (Phi) is 8.44. The van der Waals surface area contributed by atoms with Gasteiger partial charge in [0.25, 0.3) is 0 Å². The van der Waals surface area contributed by atoms with Gasteiger partial charge in [-0.3, -0.25) is 9.59 Å². The van der Waals surface area contributed by atoms with Crippen LogP contribution in [-0.2, 0) is 30.7 Å². The van der Waals surface area contributed by atoms with Crippen LogP contribution in [0.5, 0.6) is 0 Å². The average Bonchev–Trinajstić information content (AvgIpc) is 2.54. The van der Waals surface area contributed by atoms with Gasteiger partial charge in [0, 0.05) is 21.1 Å². The van der Waals surface area contributed by atoms with E-state index >= 15 is 0 Å². The Balaban J connectivity index is 0.00000312. The minimum Gasteiger partial charge on any atom is -0.294 e. The van der Waals surface area contributed by atoms with Gasteiger partial charge in [-0.2, -0.15) is 29.8 Å². The molecule has 0 atom stereocenters. The van der Waals surface area contributed by atoms with Crippen molar-refractivity contribution in [2.45, 2.75) is 27.2 Å². The Labute approximate surface area is 163 Å². The molecule has 0 aliphatic carbocycles. The first-order valence-electron chi connectivity index (χ1n) is 7.91. The van der Waals surface area contributed by atoms with Crippen molar-refractivity contribution in [2.75, 3.05) is 0 Å². The Morgan fingerprint density at radius 2 is 1.48 bits per heavy atom. The molecule has 2 nitrogen and oxygen atoms in total. The van der Waals surface area contributed by atoms with Crippen LogP contribution in [0, 0.1) is 26.8 Å². The summed E-state index contributed by atoms with van der Waals surface area (Å²) in [6, 6.07) is 14.7. The van der Waals surface area contributed by atoms with E-state index in [1.807, 2.05) is 57.2 Å². The van der Waals surface area contributed by atoms with E-state index < -0.39 is 0 Å². The van der Waals surface area contributed by atoms with E-state index in [0.717, 1.165) is 16.7 Å². The molecule has 0 bridgehead atoms. The van der Waals surface area contributed by atoms with E-state index in [9.17, 15) is 9.59 Å². The SMILES string of the molecule is Cc1[c-]ccc(/C=C/C(=O)CC(=O)/C=C/c2ccc(C)c(C)c2)c1.[W]. The second-order valence-electron chi connectivity index (χ2n) is 5.92. The van der Waals surface area contributed by atoms with E-state index in [-0.39, 0.29) is 39.1 Å². The summed E-state index contributed by atoms with van der Waals surface area (Å²) in [5.74, 6) is -0.393. The molecular weight excluding hydrogens is 480 g/mol. The van der Waals surface area contributed by atoms with Gasteiger partial charge in [0.15, 0.2) is 11.6 Å². The van der Waals surface area contributed by atoms with Gasteiger partial charge < -0.3 is 0 Å². The maximum absolute atomic E-state index is 11.9. The average molecular weight is 501 g/mol. The molecule has 0 heterocycles. The molecule has 25 heavy (non-hydrogen) atoms. The van der Waals surface area contributed by atoms with Crippen LogP contribution in [0.15, 0.2) is 48.6 Å². The van der Waals surface area contributed by atoms with Gasteiger partial charge in [-0.15, -0.1) is 5.56 Å². The quantitative estimate of drug-likeness (QED) is 0.328. The van der Waals surface area contributed by atoms with Crippen molar-refractivity contribution < 1.29 is 30.7 Å². The summed E-state index contributed by atoms with van der Waals surface area (Å²) >= 11 is 0. The van der Waals surface area contributed by atoms with Crippen LogP contribution in [0.25, 0.3) is 12.2 Å². The number of carbonyl (C=O) groups excluding carboxylic acids is 2. The van der Waals surface area contributed by atoms with E-state index in [4.69, 9.17) is 0 Å². The fourth-order valence-electron chi connectivity index (χ4n) is 2.25. The Bertz CT molecular complexity index is 817. The van der Waals surface area contributed by atoms with E-state index in [1.54, 1.807) is 12.2 Å². The molecule has 0 fully saturated rings. The third-order valence-corrected chi connectivity index (χ3v) is 3.77. The van der Waals surface area contributed by atoms with Crippen molar-refractivity contribution in [3.63, 3.8) is 0 Å². The molecule has 0 saturated carbocycles. The molecule has 2 rings (SSSR count). The fourth-order valence-corrected chi connectivity index (χ4v) is 2.25. The van der Waals surface area contributed by atoms with Gasteiger partial charge in [0.05, 0.1) is 6.42 Å². The molecule has 128 valence electrons. The maximum atomic E-state index is 11.9. The van der Waals surface area contributed by atoms with Crippen molar-refractivity contribution in [3.05, 3.63) is 82.4 Å². The number of ketones is 2. The van der Waals surface area contributed by atoms with Crippen molar-refractivity contribution >= 4 is 23.7 Å². The van der Waals surface area contributed by atoms with E-state index in [1.165, 1.54) is 23.3 Å². The smallest absolute Gasteiger partial charge is 0.163 e. The number of aryl methyl sites for hydroxylation is 3. The Morgan fingerprint density at radius 3 is 2.04 bits per heavy atom. The number of rotatable bonds is 6. The number of allylic oxidation sites excluding steroid dienone is 2. The van der Waals surface area contributed by atoms with Crippen molar-refractivity contribution in [1.82, 2.24) is 0 Å². The largest absolute Gasteiger partial charge is 0.294 e. The molecule has 0 radical (unpaired) electrons. The molecule has 2 aromatic carbocycles. The van der Waals surface area contributed by atoms with Crippen LogP contribution in [-0.4, -0.2) is 11.6 Å². The van der Waals surface area contributed by atoms with Gasteiger partial charge >= 0.3 is 0 Å². The van der Waals surface area contributed by atoms with E-state index in [2.05, 4.69) is 6.07 Å². The fraction of sp³-hybridized carbons (Fsp3) is 0.182. The van der Waals surface area contributed by atoms with Gasteiger partial charge in [0.1, 0.15) is 0 Å². The van der Waals surface area contributed by atoms with E-state index in [0.29, 0.717) is 0 Å². The second-order valence-corrected chi connectivity index (χ2v) is 5.92. The standard InChI is InChI=1S/C22H21O2.W/c1-16-5-4-6-19(13-16)9-11-21(23)15-22(24)12-10-20-8-7-17(2)18(3)14-20;/h4,6-14H,15H2,1-3H3;/q-1;/b11-9+,12-10+;. The summed E-state index contributed by atoms with van der Waals surface area (Å²) in [6.07, 6.45) is 6.29. The van der Waals surface area contributed by atoms with Crippen LogP contribution in [0.3, 0.4) is 0 Å². The molecule has 0 spiro atoms. The van der Waals surface area contributed by atoms with Crippen LogP contribution in [0.2, 0.25) is 0 Å². The summed E-state index contributed by atoms with van der Waals surface area (Å²) in [6.45, 7) is 6.03. The minimum absolute atomic E-state index is 0. The molecule has 0 aromatic heterocycles. The van der Waals surface area contributed by atoms with Gasteiger partial charge in [-0.25, -0.2) is 0 Å². The first-order valence-corrected chi connectivity index (χ1v) is 7.91. The monoisotopic (exact) mass is 501 g/mol. The van der Waals surface area contributed by atoms with Crippen molar-refractivity contribution in [1.29, 1.82) is 0 Å². The van der Waals surface area contributed by atoms with Crippen LogP contribution < -0.4 is 0 Å². The molecule has 0 unspecified atom stereocenters. The van der Waals surface area contributed by atoms with Crippen LogP contribution in [0.1, 0.15) is 34.2 Å². The van der Waals surface area contributed by atoms with Crippen LogP contribution in [0.4, 0.5) is 0 Å². The third kappa shape index (κ3) is 7.15. The minimum atomic E-state index is -0.199.